The van der Waals surface area contributed by atoms with Gasteiger partial charge >= 0.3 is 0 Å². The molecule has 0 saturated carbocycles. The van der Waals surface area contributed by atoms with Crippen LogP contribution in [0.25, 0.3) is 0 Å². The lowest BCUT2D eigenvalue weighted by Crippen LogP contribution is -1.93. The molecule has 1 N–H and O–H groups in total. The van der Waals surface area contributed by atoms with Crippen LogP contribution in [0.1, 0.15) is 11.1 Å². The van der Waals surface area contributed by atoms with Crippen molar-refractivity contribution in [3.8, 4) is 11.8 Å². The normalized spacial score (nSPS) is 8.69. The lowest BCUT2D eigenvalue weighted by Gasteiger charge is -2.00. The summed E-state index contributed by atoms with van der Waals surface area (Å²) in [5, 5.41) is 8.75. The summed E-state index contributed by atoms with van der Waals surface area (Å²) in [6, 6.07) is 7.47. The maximum Gasteiger partial charge on any atom is 0.193 e. The molecule has 0 heterocycles. The molecule has 0 unspecified atom stereocenters. The Bertz CT molecular complexity index is 345. The highest BCUT2D eigenvalue weighted by molar-refractivity contribution is 5.74. The SMILES string of the molecule is O=CC#Cc1ccccc1CCO. The van der Waals surface area contributed by atoms with Gasteiger partial charge in [0.2, 0.25) is 0 Å². The lowest BCUT2D eigenvalue weighted by molar-refractivity contribution is -0.103. The average Bonchev–Trinajstić information content (AvgIpc) is 2.17. The third-order valence-corrected chi connectivity index (χ3v) is 1.66. The molecule has 1 aromatic rings. The van der Waals surface area contributed by atoms with Crippen LogP contribution in [-0.2, 0) is 11.2 Å². The van der Waals surface area contributed by atoms with E-state index in [-0.39, 0.29) is 6.61 Å². The second-order valence-electron chi connectivity index (χ2n) is 2.52. The molecule has 66 valence electrons. The molecule has 0 aromatic heterocycles. The van der Waals surface area contributed by atoms with Crippen LogP contribution < -0.4 is 0 Å². The Balaban J connectivity index is 2.96. The van der Waals surface area contributed by atoms with Gasteiger partial charge < -0.3 is 5.11 Å². The Hall–Kier alpha value is -1.59. The number of hydrogen-bond acceptors (Lipinski definition) is 2. The molecule has 0 amide bonds. The van der Waals surface area contributed by atoms with E-state index in [0.717, 1.165) is 11.1 Å². The Labute approximate surface area is 77.2 Å². The van der Waals surface area contributed by atoms with Gasteiger partial charge in [0.15, 0.2) is 6.29 Å². The quantitative estimate of drug-likeness (QED) is 0.531. The van der Waals surface area contributed by atoms with Gasteiger partial charge in [-0.3, -0.25) is 4.79 Å². The molecule has 0 saturated heterocycles. The van der Waals surface area contributed by atoms with Crippen LogP contribution in [0.4, 0.5) is 0 Å². The number of hydrogen-bond donors (Lipinski definition) is 1. The van der Waals surface area contributed by atoms with Crippen molar-refractivity contribution >= 4 is 6.29 Å². The molecule has 2 heteroatoms. The number of rotatable bonds is 2. The summed E-state index contributed by atoms with van der Waals surface area (Å²) in [5.41, 5.74) is 1.78. The molecule has 13 heavy (non-hydrogen) atoms. The van der Waals surface area contributed by atoms with Gasteiger partial charge in [-0.2, -0.15) is 0 Å². The molecule has 0 radical (unpaired) electrons. The van der Waals surface area contributed by atoms with Gasteiger partial charge in [-0.05, 0) is 24.0 Å². The second-order valence-corrected chi connectivity index (χ2v) is 2.52. The zero-order chi connectivity index (χ0) is 9.52. The molecule has 0 spiro atoms. The summed E-state index contributed by atoms with van der Waals surface area (Å²) in [7, 11) is 0. The maximum atomic E-state index is 10.0. The molecule has 0 aliphatic heterocycles. The van der Waals surface area contributed by atoms with E-state index in [2.05, 4.69) is 11.8 Å². The smallest absolute Gasteiger partial charge is 0.193 e. The van der Waals surface area contributed by atoms with Crippen LogP contribution in [0.15, 0.2) is 24.3 Å². The molecule has 2 nitrogen and oxygen atoms in total. The predicted octanol–water partition coefficient (Wildman–Crippen LogP) is 0.772. The van der Waals surface area contributed by atoms with E-state index in [1.807, 2.05) is 24.3 Å². The summed E-state index contributed by atoms with van der Waals surface area (Å²) in [5.74, 6) is 5.07. The van der Waals surface area contributed by atoms with Gasteiger partial charge in [-0.25, -0.2) is 0 Å². The van der Waals surface area contributed by atoms with E-state index in [1.165, 1.54) is 0 Å². The first-order chi connectivity index (χ1) is 6.38. The van der Waals surface area contributed by atoms with E-state index in [4.69, 9.17) is 5.11 Å². The van der Waals surface area contributed by atoms with Crippen molar-refractivity contribution < 1.29 is 9.90 Å². The summed E-state index contributed by atoms with van der Waals surface area (Å²) in [4.78, 5) is 10.0. The second kappa shape index (κ2) is 5.13. The lowest BCUT2D eigenvalue weighted by atomic mass is 10.1. The van der Waals surface area contributed by atoms with E-state index in [0.29, 0.717) is 12.7 Å². The van der Waals surface area contributed by atoms with Crippen LogP contribution in [0, 0.1) is 11.8 Å². The number of aliphatic hydroxyl groups is 1. The fraction of sp³-hybridized carbons (Fsp3) is 0.182. The topological polar surface area (TPSA) is 37.3 Å². The summed E-state index contributed by atoms with van der Waals surface area (Å²) < 4.78 is 0. The van der Waals surface area contributed by atoms with Crippen molar-refractivity contribution in [1.82, 2.24) is 0 Å². The number of aldehydes is 1. The zero-order valence-corrected chi connectivity index (χ0v) is 7.16. The largest absolute Gasteiger partial charge is 0.396 e. The van der Waals surface area contributed by atoms with Gasteiger partial charge in [0.05, 0.1) is 0 Å². The molecule has 0 aliphatic rings. The summed E-state index contributed by atoms with van der Waals surface area (Å²) in [6.45, 7) is 0.0970. The first-order valence-corrected chi connectivity index (χ1v) is 4.02. The molecule has 1 aromatic carbocycles. The molecule has 0 atom stereocenters. The molecule has 1 rings (SSSR count). The highest BCUT2D eigenvalue weighted by Gasteiger charge is 1.96. The van der Waals surface area contributed by atoms with Gasteiger partial charge in [0.25, 0.3) is 0 Å². The number of benzene rings is 1. The van der Waals surface area contributed by atoms with E-state index in [1.54, 1.807) is 0 Å². The molecule has 0 bridgehead atoms. The van der Waals surface area contributed by atoms with Crippen molar-refractivity contribution in [2.45, 2.75) is 6.42 Å². The van der Waals surface area contributed by atoms with Crippen LogP contribution in [-0.4, -0.2) is 18.0 Å². The minimum Gasteiger partial charge on any atom is -0.396 e. The first-order valence-electron chi connectivity index (χ1n) is 4.02. The third kappa shape index (κ3) is 2.73. The number of carbonyl (C=O) groups is 1. The molecular formula is C11H10O2. The molecular weight excluding hydrogens is 164 g/mol. The fourth-order valence-corrected chi connectivity index (χ4v) is 1.09. The average molecular weight is 174 g/mol. The van der Waals surface area contributed by atoms with E-state index in [9.17, 15) is 4.79 Å². The molecule has 0 aliphatic carbocycles. The Morgan fingerprint density at radius 2 is 2.15 bits per heavy atom. The van der Waals surface area contributed by atoms with Crippen LogP contribution in [0.5, 0.6) is 0 Å². The monoisotopic (exact) mass is 174 g/mol. The predicted molar refractivity (Wildman–Crippen MR) is 50.2 cm³/mol. The first kappa shape index (κ1) is 9.50. The van der Waals surface area contributed by atoms with Gasteiger partial charge in [-0.15, -0.1) is 0 Å². The molecule has 0 fully saturated rings. The van der Waals surface area contributed by atoms with Crippen molar-refractivity contribution in [3.05, 3.63) is 35.4 Å². The van der Waals surface area contributed by atoms with Crippen molar-refractivity contribution in [1.29, 1.82) is 0 Å². The minimum atomic E-state index is 0.0970. The summed E-state index contributed by atoms with van der Waals surface area (Å²) >= 11 is 0. The van der Waals surface area contributed by atoms with Crippen molar-refractivity contribution in [2.75, 3.05) is 6.61 Å². The van der Waals surface area contributed by atoms with E-state index >= 15 is 0 Å². The highest BCUT2D eigenvalue weighted by Crippen LogP contribution is 2.07. The Morgan fingerprint density at radius 3 is 2.85 bits per heavy atom. The van der Waals surface area contributed by atoms with Gasteiger partial charge in [0.1, 0.15) is 0 Å². The van der Waals surface area contributed by atoms with Crippen LogP contribution in [0.2, 0.25) is 0 Å². The fourth-order valence-electron chi connectivity index (χ4n) is 1.09. The zero-order valence-electron chi connectivity index (χ0n) is 7.16. The van der Waals surface area contributed by atoms with Crippen molar-refractivity contribution in [2.24, 2.45) is 0 Å². The Kier molecular flexibility index (Phi) is 3.74. The number of aliphatic hydroxyl groups excluding tert-OH is 1. The maximum absolute atomic E-state index is 10.0. The van der Waals surface area contributed by atoms with Gasteiger partial charge in [-0.1, -0.05) is 24.1 Å². The van der Waals surface area contributed by atoms with Gasteiger partial charge in [0, 0.05) is 12.2 Å². The summed E-state index contributed by atoms with van der Waals surface area (Å²) in [6.07, 6.45) is 1.14. The van der Waals surface area contributed by atoms with E-state index < -0.39 is 0 Å². The minimum absolute atomic E-state index is 0.0970. The standard InChI is InChI=1S/C11H10O2/c12-8-3-6-10-4-1-2-5-11(10)7-9-13/h1-2,4-5,8,13H,7,9H2. The van der Waals surface area contributed by atoms with Crippen LogP contribution in [0.3, 0.4) is 0 Å². The highest BCUT2D eigenvalue weighted by atomic mass is 16.2. The number of carbonyl (C=O) groups excluding carboxylic acids is 1. The third-order valence-electron chi connectivity index (χ3n) is 1.66. The Morgan fingerprint density at radius 1 is 1.38 bits per heavy atom. The van der Waals surface area contributed by atoms with Crippen molar-refractivity contribution in [3.63, 3.8) is 0 Å². The van der Waals surface area contributed by atoms with Crippen LogP contribution >= 0.6 is 0 Å².